The van der Waals surface area contributed by atoms with E-state index >= 15 is 0 Å². The molecule has 4 aliphatic rings. The predicted octanol–water partition coefficient (Wildman–Crippen LogP) is 12.8. The number of allylic oxidation sites excluding steroid dienone is 3. The Kier molecular flexibility index (Phi) is 23.5. The number of carbonyl (C=O) groups is 3. The summed E-state index contributed by atoms with van der Waals surface area (Å²) in [4.78, 5) is 40.8. The highest BCUT2D eigenvalue weighted by Crippen LogP contribution is 2.67. The van der Waals surface area contributed by atoms with E-state index in [1.807, 2.05) is 0 Å². The molecule has 4 N–H and O–H groups in total. The molecule has 4 aliphatic carbocycles. The molecule has 0 radical (unpaired) electrons. The summed E-state index contributed by atoms with van der Waals surface area (Å²) in [5.41, 5.74) is 7.80. The average Bonchev–Trinajstić information content (AvgIpc) is 3.60. The smallest absolute Gasteiger partial charge is 0.410 e. The molecule has 8 atom stereocenters. The lowest BCUT2D eigenvalue weighted by Gasteiger charge is -2.58. The van der Waals surface area contributed by atoms with Crippen LogP contribution in [0, 0.1) is 46.3 Å². The third-order valence-corrected chi connectivity index (χ3v) is 16.4. The lowest BCUT2D eigenvalue weighted by atomic mass is 9.47. The number of unbranched alkanes of at least 4 members (excludes halogenated alkanes) is 11. The maximum absolute atomic E-state index is 13.8. The van der Waals surface area contributed by atoms with Gasteiger partial charge in [0.05, 0.1) is 0 Å². The van der Waals surface area contributed by atoms with Crippen molar-refractivity contribution >= 4 is 17.9 Å². The van der Waals surface area contributed by atoms with Gasteiger partial charge >= 0.3 is 6.09 Å². The number of hydrogen-bond acceptors (Lipinski definition) is 5. The zero-order valence-electron chi connectivity index (χ0n) is 41.1. The summed E-state index contributed by atoms with van der Waals surface area (Å²) in [5, 5.41) is 5.95. The van der Waals surface area contributed by atoms with Crippen LogP contribution >= 0.6 is 0 Å². The minimum atomic E-state index is -0.422. The molecule has 0 aromatic rings. The average molecular weight is 865 g/mol. The summed E-state index contributed by atoms with van der Waals surface area (Å²) in [5.74, 6) is 4.64. The van der Waals surface area contributed by atoms with E-state index in [0.717, 1.165) is 68.1 Å². The second-order valence-electron chi connectivity index (χ2n) is 21.5. The van der Waals surface area contributed by atoms with Crippen LogP contribution in [-0.4, -0.2) is 61.6 Å². The fourth-order valence-electron chi connectivity index (χ4n) is 12.7. The lowest BCUT2D eigenvalue weighted by Crippen LogP contribution is -2.51. The number of nitrogens with zero attached hydrogens (tertiary/aromatic N) is 1. The Morgan fingerprint density at radius 2 is 1.47 bits per heavy atom. The molecule has 356 valence electrons. The number of nitrogens with two attached hydrogens (primary N) is 1. The molecule has 0 aromatic heterocycles. The molecular formula is C54H96N4O4. The fraction of sp³-hybridized carbons (Fsp3) is 0.870. The SMILES string of the molecule is CCCCCCCC/C=C\CCCCCCCC(=O)NCCCN(CC(=O)NCCCN)C(=O)O[C@H]1CC[C@@]2(C)C(=CC[C@H]3[C@@H]4CC[C@H]([C@H](C)CCCC(C)C)[C@@]4(C)CC[C@@H]32)C1. The molecule has 4 rings (SSSR count). The molecule has 0 saturated heterocycles. The van der Waals surface area contributed by atoms with Gasteiger partial charge in [0.1, 0.15) is 12.6 Å². The van der Waals surface area contributed by atoms with Crippen LogP contribution in [0.15, 0.2) is 23.8 Å². The first-order valence-electron chi connectivity index (χ1n) is 26.5. The Labute approximate surface area is 380 Å². The van der Waals surface area contributed by atoms with Gasteiger partial charge in [0.25, 0.3) is 0 Å². The van der Waals surface area contributed by atoms with Crippen LogP contribution in [0.2, 0.25) is 0 Å². The number of hydrogen-bond donors (Lipinski definition) is 3. The van der Waals surface area contributed by atoms with Crippen LogP contribution in [0.1, 0.15) is 215 Å². The molecule has 0 spiro atoms. The molecule has 0 aromatic carbocycles. The van der Waals surface area contributed by atoms with E-state index < -0.39 is 6.09 Å². The minimum absolute atomic E-state index is 0.0549. The summed E-state index contributed by atoms with van der Waals surface area (Å²) >= 11 is 0. The van der Waals surface area contributed by atoms with E-state index in [4.69, 9.17) is 10.5 Å². The minimum Gasteiger partial charge on any atom is -0.446 e. The molecule has 0 unspecified atom stereocenters. The van der Waals surface area contributed by atoms with Gasteiger partial charge in [0.15, 0.2) is 0 Å². The van der Waals surface area contributed by atoms with Crippen molar-refractivity contribution in [3.05, 3.63) is 23.8 Å². The largest absolute Gasteiger partial charge is 0.446 e. The van der Waals surface area contributed by atoms with Gasteiger partial charge in [0, 0.05) is 32.5 Å². The molecular weight excluding hydrogens is 769 g/mol. The maximum atomic E-state index is 13.8. The standard InChI is InChI=1S/C54H96N4O4/c1-7-8-9-10-11-12-13-14-15-16-17-18-19-20-21-27-50(59)56-38-24-39-58(41-51(60)57-37-23-36-55)52(61)62-45-32-34-53(5)44(40-45)28-29-46-48-31-30-47(43(4)26-22-25-42(2)3)54(48,6)35-33-49(46)53/h14-15,28,42-43,45-49H,7-13,16-27,29-41,55H2,1-6H3,(H,56,59)(H,57,60)/b15-14-/t43-,45+,46+,47-,48+,49+,53+,54-/m1/s1. The van der Waals surface area contributed by atoms with Gasteiger partial charge in [-0.3, -0.25) is 14.5 Å². The van der Waals surface area contributed by atoms with E-state index in [1.54, 1.807) is 0 Å². The van der Waals surface area contributed by atoms with Crippen molar-refractivity contribution < 1.29 is 19.1 Å². The van der Waals surface area contributed by atoms with Gasteiger partial charge < -0.3 is 21.1 Å². The van der Waals surface area contributed by atoms with Crippen LogP contribution in [0.3, 0.4) is 0 Å². The Balaban J connectivity index is 1.18. The van der Waals surface area contributed by atoms with E-state index in [1.165, 1.54) is 126 Å². The first kappa shape index (κ1) is 52.3. The van der Waals surface area contributed by atoms with Crippen LogP contribution in [0.4, 0.5) is 4.79 Å². The van der Waals surface area contributed by atoms with Crippen molar-refractivity contribution in [3.8, 4) is 0 Å². The molecule has 62 heavy (non-hydrogen) atoms. The number of fused-ring (bicyclic) bond motifs is 5. The van der Waals surface area contributed by atoms with Crippen LogP contribution < -0.4 is 16.4 Å². The van der Waals surface area contributed by atoms with Gasteiger partial charge in [-0.2, -0.15) is 0 Å². The van der Waals surface area contributed by atoms with Gasteiger partial charge in [-0.05, 0) is 143 Å². The van der Waals surface area contributed by atoms with Gasteiger partial charge in [-0.15, -0.1) is 0 Å². The van der Waals surface area contributed by atoms with Crippen LogP contribution in [0.5, 0.6) is 0 Å². The van der Waals surface area contributed by atoms with Gasteiger partial charge in [-0.25, -0.2) is 4.79 Å². The zero-order chi connectivity index (χ0) is 44.8. The number of nitrogens with one attached hydrogen (secondary N) is 2. The first-order valence-corrected chi connectivity index (χ1v) is 26.5. The summed E-state index contributed by atoms with van der Waals surface area (Å²) in [6.07, 6.45) is 38.0. The zero-order valence-corrected chi connectivity index (χ0v) is 41.1. The van der Waals surface area contributed by atoms with E-state index in [2.05, 4.69) is 70.4 Å². The molecule has 8 nitrogen and oxygen atoms in total. The van der Waals surface area contributed by atoms with Gasteiger partial charge in [0.2, 0.25) is 11.8 Å². The summed E-state index contributed by atoms with van der Waals surface area (Å²) in [6, 6.07) is 0. The topological polar surface area (TPSA) is 114 Å². The van der Waals surface area contributed by atoms with E-state index in [0.29, 0.717) is 56.8 Å². The highest BCUT2D eigenvalue weighted by atomic mass is 16.6. The van der Waals surface area contributed by atoms with Crippen LogP contribution in [-0.2, 0) is 14.3 Å². The normalized spacial score (nSPS) is 27.3. The summed E-state index contributed by atoms with van der Waals surface area (Å²) in [6.45, 7) is 16.5. The highest BCUT2D eigenvalue weighted by Gasteiger charge is 2.59. The Bertz CT molecular complexity index is 1380. The fourth-order valence-corrected chi connectivity index (χ4v) is 12.7. The van der Waals surface area contributed by atoms with Crippen molar-refractivity contribution in [1.82, 2.24) is 15.5 Å². The van der Waals surface area contributed by atoms with E-state index in [9.17, 15) is 14.4 Å². The van der Waals surface area contributed by atoms with Crippen molar-refractivity contribution in [1.29, 1.82) is 0 Å². The molecule has 0 heterocycles. The summed E-state index contributed by atoms with van der Waals surface area (Å²) in [7, 11) is 0. The molecule has 8 heteroatoms. The Hall–Kier alpha value is -2.35. The molecule has 3 saturated carbocycles. The monoisotopic (exact) mass is 865 g/mol. The number of ether oxygens (including phenoxy) is 1. The highest BCUT2D eigenvalue weighted by molar-refractivity contribution is 5.82. The molecule has 0 bridgehead atoms. The maximum Gasteiger partial charge on any atom is 0.410 e. The number of amides is 3. The number of carbonyl (C=O) groups excluding carboxylic acids is 3. The lowest BCUT2D eigenvalue weighted by molar-refractivity contribution is -0.123. The third kappa shape index (κ3) is 16.3. The predicted molar refractivity (Wildman–Crippen MR) is 259 cm³/mol. The van der Waals surface area contributed by atoms with Gasteiger partial charge in [-0.1, -0.05) is 136 Å². The Morgan fingerprint density at radius 1 is 0.790 bits per heavy atom. The molecule has 3 amide bonds. The second kappa shape index (κ2) is 27.9. The van der Waals surface area contributed by atoms with E-state index in [-0.39, 0.29) is 29.9 Å². The molecule has 0 aliphatic heterocycles. The van der Waals surface area contributed by atoms with Crippen molar-refractivity contribution in [2.24, 2.45) is 52.1 Å². The number of rotatable bonds is 30. The van der Waals surface area contributed by atoms with Crippen molar-refractivity contribution in [2.45, 2.75) is 221 Å². The third-order valence-electron chi connectivity index (χ3n) is 16.4. The summed E-state index contributed by atoms with van der Waals surface area (Å²) < 4.78 is 6.25. The van der Waals surface area contributed by atoms with Crippen molar-refractivity contribution in [3.63, 3.8) is 0 Å². The van der Waals surface area contributed by atoms with Crippen LogP contribution in [0.25, 0.3) is 0 Å². The first-order chi connectivity index (χ1) is 29.9. The van der Waals surface area contributed by atoms with Crippen molar-refractivity contribution in [2.75, 3.05) is 32.7 Å². The molecule has 3 fully saturated rings. The quantitative estimate of drug-likeness (QED) is 0.0492. The Morgan fingerprint density at radius 3 is 2.18 bits per heavy atom. The second-order valence-corrected chi connectivity index (χ2v) is 21.5.